The minimum absolute atomic E-state index is 0.0376. The maximum atomic E-state index is 12.5. The molecular formula is C22H26N2O3. The molecule has 0 atom stereocenters. The van der Waals surface area contributed by atoms with Crippen molar-refractivity contribution in [1.29, 1.82) is 0 Å². The van der Waals surface area contributed by atoms with Crippen molar-refractivity contribution in [2.45, 2.75) is 6.92 Å². The van der Waals surface area contributed by atoms with Gasteiger partial charge in [0, 0.05) is 37.9 Å². The summed E-state index contributed by atoms with van der Waals surface area (Å²) in [5.41, 5.74) is 2.12. The van der Waals surface area contributed by atoms with E-state index in [0.717, 1.165) is 31.7 Å². The number of hydrogen-bond donors (Lipinski definition) is 0. The maximum absolute atomic E-state index is 12.5. The number of benzene rings is 2. The Bertz CT molecular complexity index is 781. The van der Waals surface area contributed by atoms with Crippen molar-refractivity contribution in [3.05, 3.63) is 60.2 Å². The highest BCUT2D eigenvalue weighted by molar-refractivity contribution is 5.92. The zero-order valence-electron chi connectivity index (χ0n) is 15.9. The second kappa shape index (κ2) is 9.12. The van der Waals surface area contributed by atoms with E-state index in [1.165, 1.54) is 5.69 Å². The molecule has 27 heavy (non-hydrogen) atoms. The Hall–Kier alpha value is -2.95. The number of ether oxygens (including phenoxy) is 2. The largest absolute Gasteiger partial charge is 0.493 e. The van der Waals surface area contributed by atoms with Crippen LogP contribution in [0.3, 0.4) is 0 Å². The molecule has 0 bridgehead atoms. The molecule has 0 N–H and O–H groups in total. The molecule has 1 aliphatic heterocycles. The lowest BCUT2D eigenvalue weighted by Gasteiger charge is -2.35. The third-order valence-electron chi connectivity index (χ3n) is 4.62. The smallest absolute Gasteiger partial charge is 0.246 e. The second-order valence-electron chi connectivity index (χ2n) is 6.32. The fraction of sp³-hybridized carbons (Fsp3) is 0.318. The Morgan fingerprint density at radius 3 is 2.44 bits per heavy atom. The molecule has 0 aromatic heterocycles. The van der Waals surface area contributed by atoms with E-state index in [1.54, 1.807) is 13.2 Å². The van der Waals surface area contributed by atoms with E-state index in [9.17, 15) is 4.79 Å². The number of methoxy groups -OCH3 is 1. The van der Waals surface area contributed by atoms with E-state index in [-0.39, 0.29) is 5.91 Å². The van der Waals surface area contributed by atoms with Gasteiger partial charge >= 0.3 is 0 Å². The lowest BCUT2D eigenvalue weighted by atomic mass is 10.1. The van der Waals surface area contributed by atoms with Gasteiger partial charge < -0.3 is 19.3 Å². The van der Waals surface area contributed by atoms with Crippen molar-refractivity contribution in [3.63, 3.8) is 0 Å². The van der Waals surface area contributed by atoms with E-state index in [2.05, 4.69) is 17.0 Å². The Morgan fingerprint density at radius 1 is 1.04 bits per heavy atom. The third kappa shape index (κ3) is 4.82. The van der Waals surface area contributed by atoms with Gasteiger partial charge in [0.15, 0.2) is 11.5 Å². The Morgan fingerprint density at radius 2 is 1.78 bits per heavy atom. The first-order valence-corrected chi connectivity index (χ1v) is 9.29. The minimum Gasteiger partial charge on any atom is -0.493 e. The van der Waals surface area contributed by atoms with Gasteiger partial charge in [-0.3, -0.25) is 4.79 Å². The maximum Gasteiger partial charge on any atom is 0.246 e. The highest BCUT2D eigenvalue weighted by Crippen LogP contribution is 2.28. The van der Waals surface area contributed by atoms with Crippen LogP contribution >= 0.6 is 0 Å². The summed E-state index contributed by atoms with van der Waals surface area (Å²) in [6.07, 6.45) is 3.46. The van der Waals surface area contributed by atoms with E-state index < -0.39 is 0 Å². The number of carbonyl (C=O) groups excluding carboxylic acids is 1. The summed E-state index contributed by atoms with van der Waals surface area (Å²) in [5.74, 6) is 1.42. The van der Waals surface area contributed by atoms with Gasteiger partial charge in [-0.1, -0.05) is 24.3 Å². The van der Waals surface area contributed by atoms with Crippen molar-refractivity contribution in [2.24, 2.45) is 0 Å². The van der Waals surface area contributed by atoms with Crippen LogP contribution < -0.4 is 14.4 Å². The van der Waals surface area contributed by atoms with Crippen LogP contribution in [0.25, 0.3) is 6.08 Å². The second-order valence-corrected chi connectivity index (χ2v) is 6.32. The Kier molecular flexibility index (Phi) is 6.36. The average Bonchev–Trinajstić information content (AvgIpc) is 2.73. The molecule has 3 rings (SSSR count). The number of hydrogen-bond acceptors (Lipinski definition) is 4. The number of para-hydroxylation sites is 1. The fourth-order valence-corrected chi connectivity index (χ4v) is 3.16. The van der Waals surface area contributed by atoms with Gasteiger partial charge in [0.2, 0.25) is 5.91 Å². The van der Waals surface area contributed by atoms with Crippen LogP contribution in [0.1, 0.15) is 12.5 Å². The summed E-state index contributed by atoms with van der Waals surface area (Å²) >= 11 is 0. The first-order valence-electron chi connectivity index (χ1n) is 9.29. The van der Waals surface area contributed by atoms with E-state index in [4.69, 9.17) is 9.47 Å². The molecule has 1 saturated heterocycles. The van der Waals surface area contributed by atoms with Crippen molar-refractivity contribution >= 4 is 17.7 Å². The molecule has 0 saturated carbocycles. The molecule has 2 aromatic rings. The number of piperazine rings is 1. The van der Waals surface area contributed by atoms with Crippen LogP contribution in [0, 0.1) is 0 Å². The highest BCUT2D eigenvalue weighted by atomic mass is 16.5. The quantitative estimate of drug-likeness (QED) is 0.735. The lowest BCUT2D eigenvalue weighted by Crippen LogP contribution is -2.48. The van der Waals surface area contributed by atoms with Crippen molar-refractivity contribution in [1.82, 2.24) is 4.90 Å². The van der Waals surface area contributed by atoms with Crippen LogP contribution in [-0.4, -0.2) is 50.7 Å². The predicted octanol–water partition coefficient (Wildman–Crippen LogP) is 3.46. The monoisotopic (exact) mass is 366 g/mol. The minimum atomic E-state index is 0.0376. The van der Waals surface area contributed by atoms with Gasteiger partial charge in [-0.05, 0) is 42.8 Å². The summed E-state index contributed by atoms with van der Waals surface area (Å²) in [5, 5.41) is 0. The summed E-state index contributed by atoms with van der Waals surface area (Å²) in [6.45, 7) is 5.67. The van der Waals surface area contributed by atoms with Crippen LogP contribution in [0.5, 0.6) is 11.5 Å². The van der Waals surface area contributed by atoms with E-state index in [0.29, 0.717) is 18.1 Å². The zero-order chi connectivity index (χ0) is 19.1. The molecule has 5 heteroatoms. The zero-order valence-corrected chi connectivity index (χ0v) is 15.9. The average molecular weight is 366 g/mol. The molecule has 1 amide bonds. The Labute approximate surface area is 160 Å². The van der Waals surface area contributed by atoms with Gasteiger partial charge in [-0.2, -0.15) is 0 Å². The standard InChI is InChI=1S/C22H26N2O3/c1-3-27-20-11-9-18(17-21(20)26-2)10-12-22(25)24-15-13-23(14-16-24)19-7-5-4-6-8-19/h4-12,17H,3,13-16H2,1-2H3/b12-10+. The van der Waals surface area contributed by atoms with Crippen molar-refractivity contribution < 1.29 is 14.3 Å². The molecule has 2 aromatic carbocycles. The number of nitrogens with zero attached hydrogens (tertiary/aromatic N) is 2. The first-order chi connectivity index (χ1) is 13.2. The van der Waals surface area contributed by atoms with Gasteiger partial charge in [-0.15, -0.1) is 0 Å². The summed E-state index contributed by atoms with van der Waals surface area (Å²) in [4.78, 5) is 16.7. The van der Waals surface area contributed by atoms with Crippen LogP contribution in [-0.2, 0) is 4.79 Å². The highest BCUT2D eigenvalue weighted by Gasteiger charge is 2.19. The van der Waals surface area contributed by atoms with E-state index in [1.807, 2.05) is 54.3 Å². The first kappa shape index (κ1) is 18.8. The molecule has 0 spiro atoms. The van der Waals surface area contributed by atoms with Crippen molar-refractivity contribution in [2.75, 3.05) is 44.8 Å². The van der Waals surface area contributed by atoms with Crippen LogP contribution in [0.2, 0.25) is 0 Å². The predicted molar refractivity (Wildman–Crippen MR) is 108 cm³/mol. The molecule has 1 heterocycles. The van der Waals surface area contributed by atoms with Gasteiger partial charge in [0.1, 0.15) is 0 Å². The molecule has 142 valence electrons. The number of carbonyl (C=O) groups is 1. The number of rotatable bonds is 6. The topological polar surface area (TPSA) is 42.0 Å². The van der Waals surface area contributed by atoms with Crippen molar-refractivity contribution in [3.8, 4) is 11.5 Å². The molecule has 1 fully saturated rings. The fourth-order valence-electron chi connectivity index (χ4n) is 3.16. The number of anilines is 1. The van der Waals surface area contributed by atoms with Gasteiger partial charge in [0.25, 0.3) is 0 Å². The van der Waals surface area contributed by atoms with Crippen LogP contribution in [0.4, 0.5) is 5.69 Å². The molecule has 0 radical (unpaired) electrons. The number of amides is 1. The summed E-state index contributed by atoms with van der Waals surface area (Å²) in [6, 6.07) is 16.0. The SMILES string of the molecule is CCOc1ccc(/C=C/C(=O)N2CCN(c3ccccc3)CC2)cc1OC. The molecular weight excluding hydrogens is 340 g/mol. The summed E-state index contributed by atoms with van der Waals surface area (Å²) < 4.78 is 10.9. The molecule has 0 unspecified atom stereocenters. The lowest BCUT2D eigenvalue weighted by molar-refractivity contribution is -0.126. The normalized spacial score (nSPS) is 14.4. The summed E-state index contributed by atoms with van der Waals surface area (Å²) in [7, 11) is 1.61. The van der Waals surface area contributed by atoms with Gasteiger partial charge in [-0.25, -0.2) is 0 Å². The Balaban J connectivity index is 1.58. The molecule has 5 nitrogen and oxygen atoms in total. The van der Waals surface area contributed by atoms with E-state index >= 15 is 0 Å². The van der Waals surface area contributed by atoms with Crippen LogP contribution in [0.15, 0.2) is 54.6 Å². The van der Waals surface area contributed by atoms with Gasteiger partial charge in [0.05, 0.1) is 13.7 Å². The third-order valence-corrected chi connectivity index (χ3v) is 4.62. The molecule has 1 aliphatic rings. The molecule has 0 aliphatic carbocycles.